The maximum Gasteiger partial charge on any atom is 0.123 e. The molecule has 0 spiro atoms. The van der Waals surface area contributed by atoms with Gasteiger partial charge in [0.1, 0.15) is 11.6 Å². The summed E-state index contributed by atoms with van der Waals surface area (Å²) in [5.74, 6) is 0.739. The second-order valence-electron chi connectivity index (χ2n) is 5.27. The number of hydrogen-bond acceptors (Lipinski definition) is 2. The summed E-state index contributed by atoms with van der Waals surface area (Å²) in [6, 6.07) is 7.26. The fourth-order valence-corrected chi connectivity index (χ4v) is 2.38. The molecular weight excluding hydrogens is 253 g/mol. The van der Waals surface area contributed by atoms with Gasteiger partial charge in [0.05, 0.1) is 6.26 Å². The van der Waals surface area contributed by atoms with Gasteiger partial charge in [-0.15, -0.1) is 0 Å². The monoisotopic (exact) mass is 275 g/mol. The molecule has 0 saturated heterocycles. The van der Waals surface area contributed by atoms with Crippen LogP contribution in [0.1, 0.15) is 41.8 Å². The Morgan fingerprint density at radius 2 is 2.05 bits per heavy atom. The fraction of sp³-hybridized carbons (Fsp3) is 0.412. The second-order valence-corrected chi connectivity index (χ2v) is 5.27. The summed E-state index contributed by atoms with van der Waals surface area (Å²) in [5, 5.41) is 3.54. The number of hydrogen-bond donors (Lipinski definition) is 1. The van der Waals surface area contributed by atoms with E-state index in [0.29, 0.717) is 0 Å². The lowest BCUT2D eigenvalue weighted by molar-refractivity contribution is 0.502. The summed E-state index contributed by atoms with van der Waals surface area (Å²) >= 11 is 0. The van der Waals surface area contributed by atoms with Crippen molar-refractivity contribution in [1.29, 1.82) is 0 Å². The van der Waals surface area contributed by atoms with Crippen molar-refractivity contribution in [2.24, 2.45) is 0 Å². The van der Waals surface area contributed by atoms with E-state index in [1.54, 1.807) is 6.07 Å². The van der Waals surface area contributed by atoms with Crippen LogP contribution in [0.4, 0.5) is 4.39 Å². The van der Waals surface area contributed by atoms with Crippen LogP contribution in [0.2, 0.25) is 0 Å². The van der Waals surface area contributed by atoms with Crippen LogP contribution < -0.4 is 5.32 Å². The number of rotatable bonds is 6. The largest absolute Gasteiger partial charge is 0.469 e. The van der Waals surface area contributed by atoms with Crippen molar-refractivity contribution in [3.8, 4) is 0 Å². The summed E-state index contributed by atoms with van der Waals surface area (Å²) < 4.78 is 18.6. The van der Waals surface area contributed by atoms with Crippen LogP contribution in [0.15, 0.2) is 34.9 Å². The molecule has 2 nitrogen and oxygen atoms in total. The van der Waals surface area contributed by atoms with E-state index in [0.717, 1.165) is 36.3 Å². The minimum atomic E-state index is -0.177. The van der Waals surface area contributed by atoms with Crippen LogP contribution in [-0.2, 0) is 6.42 Å². The average Bonchev–Trinajstić information content (AvgIpc) is 2.83. The van der Waals surface area contributed by atoms with Gasteiger partial charge in [-0.25, -0.2) is 4.39 Å². The van der Waals surface area contributed by atoms with Crippen molar-refractivity contribution in [1.82, 2.24) is 5.32 Å². The normalized spacial score (nSPS) is 12.6. The van der Waals surface area contributed by atoms with Gasteiger partial charge in [-0.1, -0.05) is 13.0 Å². The smallest absolute Gasteiger partial charge is 0.123 e. The van der Waals surface area contributed by atoms with E-state index in [1.807, 2.05) is 26.2 Å². The van der Waals surface area contributed by atoms with E-state index in [1.165, 1.54) is 11.6 Å². The lowest BCUT2D eigenvalue weighted by Crippen LogP contribution is -2.24. The van der Waals surface area contributed by atoms with Crippen LogP contribution in [0, 0.1) is 19.7 Å². The highest BCUT2D eigenvalue weighted by Crippen LogP contribution is 2.23. The molecule has 2 rings (SSSR count). The molecule has 1 aromatic heterocycles. The van der Waals surface area contributed by atoms with E-state index in [9.17, 15) is 4.39 Å². The molecule has 1 aromatic carbocycles. The lowest BCUT2D eigenvalue weighted by Gasteiger charge is -2.18. The Morgan fingerprint density at radius 1 is 1.25 bits per heavy atom. The first-order chi connectivity index (χ1) is 9.60. The molecule has 108 valence electrons. The van der Waals surface area contributed by atoms with Gasteiger partial charge < -0.3 is 9.73 Å². The van der Waals surface area contributed by atoms with Gasteiger partial charge in [-0.2, -0.15) is 0 Å². The third-order valence-corrected chi connectivity index (χ3v) is 3.52. The van der Waals surface area contributed by atoms with E-state index in [2.05, 4.69) is 18.3 Å². The average molecular weight is 275 g/mol. The summed E-state index contributed by atoms with van der Waals surface area (Å²) in [6.07, 6.45) is 3.72. The molecule has 20 heavy (non-hydrogen) atoms. The van der Waals surface area contributed by atoms with Gasteiger partial charge in [-0.3, -0.25) is 0 Å². The molecule has 0 aliphatic carbocycles. The van der Waals surface area contributed by atoms with Crippen LogP contribution in [0.3, 0.4) is 0 Å². The first-order valence-corrected chi connectivity index (χ1v) is 7.13. The fourth-order valence-electron chi connectivity index (χ4n) is 2.38. The van der Waals surface area contributed by atoms with Crippen LogP contribution >= 0.6 is 0 Å². The zero-order valence-electron chi connectivity index (χ0n) is 12.4. The number of nitrogens with one attached hydrogen (secondary N) is 1. The van der Waals surface area contributed by atoms with Crippen molar-refractivity contribution in [2.75, 3.05) is 6.54 Å². The lowest BCUT2D eigenvalue weighted by atomic mass is 9.97. The van der Waals surface area contributed by atoms with E-state index in [4.69, 9.17) is 4.42 Å². The van der Waals surface area contributed by atoms with E-state index >= 15 is 0 Å². The zero-order valence-corrected chi connectivity index (χ0v) is 12.4. The topological polar surface area (TPSA) is 25.2 Å². The molecule has 0 aliphatic heterocycles. The molecule has 0 bridgehead atoms. The minimum Gasteiger partial charge on any atom is -0.469 e. The molecular formula is C17H22FNO. The minimum absolute atomic E-state index is 0.177. The van der Waals surface area contributed by atoms with Crippen molar-refractivity contribution < 1.29 is 8.81 Å². The molecule has 2 aromatic rings. The highest BCUT2D eigenvalue weighted by atomic mass is 19.1. The standard InChI is InChI=1S/C17H22FNO/c1-4-7-19-17(15-9-13(3)20-11-15)10-14-5-6-16(18)8-12(14)2/h5-6,8-9,11,17,19H,4,7,10H2,1-3H3. The first-order valence-electron chi connectivity index (χ1n) is 7.13. The number of furan rings is 1. The van der Waals surface area contributed by atoms with E-state index < -0.39 is 0 Å². The van der Waals surface area contributed by atoms with Gasteiger partial charge in [0.2, 0.25) is 0 Å². The third kappa shape index (κ3) is 3.70. The van der Waals surface area contributed by atoms with Crippen LogP contribution in [0.5, 0.6) is 0 Å². The second kappa shape index (κ2) is 6.71. The molecule has 3 heteroatoms. The Bertz CT molecular complexity index is 562. The van der Waals surface area contributed by atoms with Gasteiger partial charge in [-0.05, 0) is 62.6 Å². The van der Waals surface area contributed by atoms with Gasteiger partial charge >= 0.3 is 0 Å². The number of halogens is 1. The zero-order chi connectivity index (χ0) is 14.5. The Morgan fingerprint density at radius 3 is 2.65 bits per heavy atom. The summed E-state index contributed by atoms with van der Waals surface area (Å²) in [7, 11) is 0. The summed E-state index contributed by atoms with van der Waals surface area (Å²) in [5.41, 5.74) is 3.31. The molecule has 0 aliphatic rings. The van der Waals surface area contributed by atoms with Crippen molar-refractivity contribution >= 4 is 0 Å². The van der Waals surface area contributed by atoms with Gasteiger partial charge in [0.25, 0.3) is 0 Å². The maximum atomic E-state index is 13.2. The van der Waals surface area contributed by atoms with Crippen LogP contribution in [0.25, 0.3) is 0 Å². The van der Waals surface area contributed by atoms with E-state index in [-0.39, 0.29) is 11.9 Å². The predicted octanol–water partition coefficient (Wildman–Crippen LogP) is 4.32. The molecule has 1 unspecified atom stereocenters. The van der Waals surface area contributed by atoms with Crippen molar-refractivity contribution in [3.63, 3.8) is 0 Å². The Labute approximate surface area is 120 Å². The first kappa shape index (κ1) is 14.8. The molecule has 1 heterocycles. The number of aryl methyl sites for hydroxylation is 2. The van der Waals surface area contributed by atoms with Crippen molar-refractivity contribution in [2.45, 2.75) is 39.7 Å². The Hall–Kier alpha value is -1.61. The molecule has 0 radical (unpaired) electrons. The maximum absolute atomic E-state index is 13.2. The van der Waals surface area contributed by atoms with Gasteiger partial charge in [0, 0.05) is 11.6 Å². The molecule has 0 fully saturated rings. The van der Waals surface area contributed by atoms with Crippen molar-refractivity contribution in [3.05, 3.63) is 58.8 Å². The molecule has 0 amide bonds. The summed E-state index contributed by atoms with van der Waals surface area (Å²) in [6.45, 7) is 7.00. The molecule has 0 saturated carbocycles. The molecule has 1 atom stereocenters. The predicted molar refractivity (Wildman–Crippen MR) is 79.3 cm³/mol. The summed E-state index contributed by atoms with van der Waals surface area (Å²) in [4.78, 5) is 0. The SMILES string of the molecule is CCCNC(Cc1ccc(F)cc1C)c1coc(C)c1. The Balaban J connectivity index is 2.18. The van der Waals surface area contributed by atoms with Crippen LogP contribution in [-0.4, -0.2) is 6.54 Å². The quantitative estimate of drug-likeness (QED) is 0.849. The highest BCUT2D eigenvalue weighted by Gasteiger charge is 2.15. The third-order valence-electron chi connectivity index (χ3n) is 3.52. The Kier molecular flexibility index (Phi) is 4.96. The number of benzene rings is 1. The highest BCUT2D eigenvalue weighted by molar-refractivity contribution is 5.29. The van der Waals surface area contributed by atoms with Gasteiger partial charge in [0.15, 0.2) is 0 Å². The molecule has 1 N–H and O–H groups in total.